The average Bonchev–Trinajstić information content (AvgIpc) is 2.84. The molecule has 0 radical (unpaired) electrons. The zero-order chi connectivity index (χ0) is 16.6. The van der Waals surface area contributed by atoms with Crippen molar-refractivity contribution in [2.45, 2.75) is 27.7 Å². The van der Waals surface area contributed by atoms with Gasteiger partial charge in [0.15, 0.2) is 0 Å². The summed E-state index contributed by atoms with van der Waals surface area (Å²) >= 11 is 0.808. The summed E-state index contributed by atoms with van der Waals surface area (Å²) in [4.78, 5) is 14.2. The van der Waals surface area contributed by atoms with Crippen LogP contribution in [0.15, 0.2) is 10.2 Å². The molecule has 0 saturated heterocycles. The lowest BCUT2D eigenvalue weighted by Crippen LogP contribution is -1.88. The SMILES string of the molecule is Cc1nc(/N=N/c2c(C)c(C)c(O)c(C)c2O)sc1[N+](=O)[O-]. The summed E-state index contributed by atoms with van der Waals surface area (Å²) in [7, 11) is 0. The molecule has 0 bridgehead atoms. The molecular weight excluding hydrogens is 308 g/mol. The summed E-state index contributed by atoms with van der Waals surface area (Å²) in [6.07, 6.45) is 0. The molecule has 0 spiro atoms. The Labute approximate surface area is 129 Å². The monoisotopic (exact) mass is 322 g/mol. The highest BCUT2D eigenvalue weighted by Gasteiger charge is 2.19. The molecule has 2 aromatic rings. The third kappa shape index (κ3) is 2.62. The molecule has 116 valence electrons. The Morgan fingerprint density at radius 1 is 1.05 bits per heavy atom. The number of rotatable bonds is 3. The molecule has 8 nitrogen and oxygen atoms in total. The van der Waals surface area contributed by atoms with Crippen molar-refractivity contribution in [2.75, 3.05) is 0 Å². The highest BCUT2D eigenvalue weighted by Crippen LogP contribution is 2.42. The second-order valence-electron chi connectivity index (χ2n) is 4.76. The Bertz CT molecular complexity index is 769. The van der Waals surface area contributed by atoms with Crippen molar-refractivity contribution >= 4 is 27.2 Å². The van der Waals surface area contributed by atoms with E-state index in [4.69, 9.17) is 0 Å². The number of aryl methyl sites for hydroxylation is 1. The Kier molecular flexibility index (Phi) is 4.09. The van der Waals surface area contributed by atoms with Gasteiger partial charge in [0.25, 0.3) is 0 Å². The first kappa shape index (κ1) is 15.8. The molecule has 1 aromatic carbocycles. The topological polar surface area (TPSA) is 121 Å². The number of nitro groups is 1. The first-order valence-corrected chi connectivity index (χ1v) is 7.11. The van der Waals surface area contributed by atoms with Crippen LogP contribution < -0.4 is 0 Å². The van der Waals surface area contributed by atoms with Gasteiger partial charge < -0.3 is 10.2 Å². The molecule has 1 aromatic heterocycles. The molecule has 0 atom stereocenters. The molecule has 0 fully saturated rings. The van der Waals surface area contributed by atoms with Gasteiger partial charge >= 0.3 is 5.00 Å². The van der Waals surface area contributed by atoms with Crippen molar-refractivity contribution in [1.82, 2.24) is 4.98 Å². The van der Waals surface area contributed by atoms with Crippen molar-refractivity contribution in [3.8, 4) is 11.5 Å². The molecule has 0 unspecified atom stereocenters. The minimum absolute atomic E-state index is 0.00896. The van der Waals surface area contributed by atoms with Gasteiger partial charge in [-0.2, -0.15) is 0 Å². The average molecular weight is 322 g/mol. The Morgan fingerprint density at radius 2 is 1.68 bits per heavy atom. The van der Waals surface area contributed by atoms with Gasteiger partial charge in [0.2, 0.25) is 5.13 Å². The number of aromatic hydroxyl groups is 2. The highest BCUT2D eigenvalue weighted by atomic mass is 32.1. The van der Waals surface area contributed by atoms with Gasteiger partial charge in [-0.15, -0.1) is 10.2 Å². The standard InChI is InChI=1S/C13H14N4O4S/c1-5-6(2)10(18)7(3)11(19)9(5)15-16-13-14-8(4)12(22-13)17(20)21/h18-19H,1-4H3/b16-15+. The minimum Gasteiger partial charge on any atom is -0.507 e. The molecule has 0 aliphatic heterocycles. The van der Waals surface area contributed by atoms with Crippen molar-refractivity contribution in [1.29, 1.82) is 0 Å². The third-order valence-corrected chi connectivity index (χ3v) is 4.36. The van der Waals surface area contributed by atoms with Crippen LogP contribution >= 0.6 is 11.3 Å². The summed E-state index contributed by atoms with van der Waals surface area (Å²) < 4.78 is 0. The third-order valence-electron chi connectivity index (χ3n) is 3.37. The molecule has 0 aliphatic carbocycles. The predicted octanol–water partition coefficient (Wildman–Crippen LogP) is 4.11. The molecule has 1 heterocycles. The summed E-state index contributed by atoms with van der Waals surface area (Å²) in [5.74, 6) is -0.165. The number of benzene rings is 1. The maximum atomic E-state index is 10.8. The molecular formula is C13H14N4O4S. The van der Waals surface area contributed by atoms with Gasteiger partial charge in [-0.3, -0.25) is 10.1 Å². The van der Waals surface area contributed by atoms with Crippen LogP contribution in [0.2, 0.25) is 0 Å². The van der Waals surface area contributed by atoms with Crippen LogP contribution in [-0.4, -0.2) is 20.1 Å². The fourth-order valence-electron chi connectivity index (χ4n) is 1.91. The number of hydrogen-bond donors (Lipinski definition) is 2. The van der Waals surface area contributed by atoms with Crippen molar-refractivity contribution in [3.05, 3.63) is 32.5 Å². The van der Waals surface area contributed by atoms with Crippen LogP contribution in [-0.2, 0) is 0 Å². The normalized spacial score (nSPS) is 11.3. The predicted molar refractivity (Wildman–Crippen MR) is 81.7 cm³/mol. The fraction of sp³-hybridized carbons (Fsp3) is 0.308. The summed E-state index contributed by atoms with van der Waals surface area (Å²) in [5, 5.41) is 38.6. The second-order valence-corrected chi connectivity index (χ2v) is 5.72. The second kappa shape index (κ2) is 5.68. The molecule has 2 N–H and O–H groups in total. The lowest BCUT2D eigenvalue weighted by molar-refractivity contribution is -0.380. The Hall–Kier alpha value is -2.55. The van der Waals surface area contributed by atoms with Gasteiger partial charge in [0.1, 0.15) is 22.9 Å². The summed E-state index contributed by atoms with van der Waals surface area (Å²) in [6, 6.07) is 0. The number of phenolic OH excluding ortho intramolecular Hbond substituents is 2. The van der Waals surface area contributed by atoms with Crippen LogP contribution in [0.4, 0.5) is 15.8 Å². The van der Waals surface area contributed by atoms with Gasteiger partial charge in [-0.05, 0) is 50.2 Å². The number of azo groups is 1. The number of aromatic nitrogens is 1. The van der Waals surface area contributed by atoms with Crippen molar-refractivity contribution < 1.29 is 15.1 Å². The lowest BCUT2D eigenvalue weighted by Gasteiger charge is -2.11. The lowest BCUT2D eigenvalue weighted by atomic mass is 10.0. The largest absolute Gasteiger partial charge is 0.507 e. The molecule has 0 amide bonds. The van der Waals surface area contributed by atoms with E-state index in [1.807, 2.05) is 0 Å². The van der Waals surface area contributed by atoms with E-state index in [1.165, 1.54) is 6.92 Å². The molecule has 0 saturated carbocycles. The van der Waals surface area contributed by atoms with Gasteiger partial charge in [0.05, 0.1) is 4.92 Å². The highest BCUT2D eigenvalue weighted by molar-refractivity contribution is 7.18. The van der Waals surface area contributed by atoms with E-state index in [0.29, 0.717) is 16.7 Å². The van der Waals surface area contributed by atoms with Crippen LogP contribution in [0.5, 0.6) is 11.5 Å². The first-order chi connectivity index (χ1) is 10.2. The number of nitrogens with zero attached hydrogens (tertiary/aromatic N) is 4. The minimum atomic E-state index is -0.524. The van der Waals surface area contributed by atoms with E-state index < -0.39 is 4.92 Å². The maximum Gasteiger partial charge on any atom is 0.348 e. The van der Waals surface area contributed by atoms with E-state index >= 15 is 0 Å². The Morgan fingerprint density at radius 3 is 2.23 bits per heavy atom. The molecule has 9 heteroatoms. The molecule has 22 heavy (non-hydrogen) atoms. The number of hydrogen-bond acceptors (Lipinski definition) is 8. The number of phenols is 2. The van der Waals surface area contributed by atoms with Gasteiger partial charge in [0, 0.05) is 5.56 Å². The molecule has 0 aliphatic rings. The number of thiazole rings is 1. The zero-order valence-corrected chi connectivity index (χ0v) is 13.2. The summed E-state index contributed by atoms with van der Waals surface area (Å²) in [6.45, 7) is 6.48. The van der Waals surface area contributed by atoms with Crippen LogP contribution in [0, 0.1) is 37.8 Å². The van der Waals surface area contributed by atoms with Gasteiger partial charge in [-0.1, -0.05) is 0 Å². The quantitative estimate of drug-likeness (QED) is 0.500. The first-order valence-electron chi connectivity index (χ1n) is 6.29. The van der Waals surface area contributed by atoms with Crippen LogP contribution in [0.25, 0.3) is 0 Å². The van der Waals surface area contributed by atoms with Crippen molar-refractivity contribution in [2.24, 2.45) is 10.2 Å². The van der Waals surface area contributed by atoms with E-state index in [2.05, 4.69) is 15.2 Å². The van der Waals surface area contributed by atoms with E-state index in [-0.39, 0.29) is 33.0 Å². The van der Waals surface area contributed by atoms with Crippen molar-refractivity contribution in [3.63, 3.8) is 0 Å². The van der Waals surface area contributed by atoms with Crippen LogP contribution in [0.1, 0.15) is 22.4 Å². The maximum absolute atomic E-state index is 10.8. The summed E-state index contributed by atoms with van der Waals surface area (Å²) in [5.41, 5.74) is 1.95. The van der Waals surface area contributed by atoms with Gasteiger partial charge in [-0.25, -0.2) is 4.98 Å². The molecule has 2 rings (SSSR count). The fourth-order valence-corrected chi connectivity index (χ4v) is 2.61. The zero-order valence-electron chi connectivity index (χ0n) is 12.4. The smallest absolute Gasteiger partial charge is 0.348 e. The van der Waals surface area contributed by atoms with E-state index in [0.717, 1.165) is 11.3 Å². The van der Waals surface area contributed by atoms with E-state index in [1.54, 1.807) is 20.8 Å². The van der Waals surface area contributed by atoms with E-state index in [9.17, 15) is 20.3 Å². The van der Waals surface area contributed by atoms with Crippen LogP contribution in [0.3, 0.4) is 0 Å². The Balaban J connectivity index is 2.47.